The SMILES string of the molecule is CC(C)(C)c1cc(NC(=O)c2cc(C(F)(F)F)cc(C(F)(F)F)c2)n(-c2ncccn2)n1. The van der Waals surface area contributed by atoms with Crippen molar-refractivity contribution in [2.24, 2.45) is 0 Å². The van der Waals surface area contributed by atoms with E-state index in [1.165, 1.54) is 24.5 Å². The van der Waals surface area contributed by atoms with Crippen LogP contribution in [0.15, 0.2) is 42.7 Å². The van der Waals surface area contributed by atoms with E-state index in [9.17, 15) is 31.1 Å². The summed E-state index contributed by atoms with van der Waals surface area (Å²) in [7, 11) is 0. The fourth-order valence-corrected chi connectivity index (χ4v) is 2.66. The van der Waals surface area contributed by atoms with Crippen LogP contribution in [-0.2, 0) is 17.8 Å². The number of carbonyl (C=O) groups is 1. The molecule has 0 aliphatic heterocycles. The molecule has 0 aliphatic carbocycles. The smallest absolute Gasteiger partial charge is 0.306 e. The van der Waals surface area contributed by atoms with Gasteiger partial charge in [-0.3, -0.25) is 4.79 Å². The molecule has 0 saturated carbocycles. The van der Waals surface area contributed by atoms with Crippen molar-refractivity contribution < 1.29 is 31.1 Å². The van der Waals surface area contributed by atoms with Gasteiger partial charge in [-0.25, -0.2) is 9.97 Å². The maximum Gasteiger partial charge on any atom is 0.416 e. The highest BCUT2D eigenvalue weighted by Gasteiger charge is 2.37. The number of anilines is 1. The molecular formula is C20H17F6N5O. The lowest BCUT2D eigenvalue weighted by Gasteiger charge is -2.14. The highest BCUT2D eigenvalue weighted by atomic mass is 19.4. The molecule has 0 unspecified atom stereocenters. The maximum absolute atomic E-state index is 13.1. The molecule has 2 heterocycles. The second-order valence-corrected chi connectivity index (χ2v) is 7.87. The molecule has 12 heteroatoms. The normalized spacial score (nSPS) is 12.7. The molecule has 0 aliphatic rings. The highest BCUT2D eigenvalue weighted by Crippen LogP contribution is 2.36. The van der Waals surface area contributed by atoms with E-state index in [0.717, 1.165) is 4.68 Å². The van der Waals surface area contributed by atoms with Crippen LogP contribution in [0.5, 0.6) is 0 Å². The number of rotatable bonds is 3. The Hall–Kier alpha value is -3.44. The molecule has 32 heavy (non-hydrogen) atoms. The first-order valence-corrected chi connectivity index (χ1v) is 9.15. The van der Waals surface area contributed by atoms with Crippen molar-refractivity contribution in [2.45, 2.75) is 38.5 Å². The summed E-state index contributed by atoms with van der Waals surface area (Å²) in [5.41, 5.74) is -3.99. The Morgan fingerprint density at radius 2 is 1.41 bits per heavy atom. The summed E-state index contributed by atoms with van der Waals surface area (Å²) in [6, 6.07) is 3.66. The molecule has 0 spiro atoms. The van der Waals surface area contributed by atoms with Crippen LogP contribution >= 0.6 is 0 Å². The summed E-state index contributed by atoms with van der Waals surface area (Å²) >= 11 is 0. The third kappa shape index (κ3) is 5.06. The lowest BCUT2D eigenvalue weighted by Crippen LogP contribution is -2.19. The number of halogens is 6. The van der Waals surface area contributed by atoms with Gasteiger partial charge in [0.25, 0.3) is 11.9 Å². The molecule has 0 saturated heterocycles. The zero-order chi connectivity index (χ0) is 23.9. The van der Waals surface area contributed by atoms with Crippen LogP contribution < -0.4 is 5.32 Å². The van der Waals surface area contributed by atoms with Gasteiger partial charge in [-0.15, -0.1) is 0 Å². The predicted molar refractivity (Wildman–Crippen MR) is 102 cm³/mol. The second-order valence-electron chi connectivity index (χ2n) is 7.87. The van der Waals surface area contributed by atoms with Crippen LogP contribution in [0.25, 0.3) is 5.95 Å². The average molecular weight is 457 g/mol. The fraction of sp³-hybridized carbons (Fsp3) is 0.300. The molecule has 1 amide bonds. The summed E-state index contributed by atoms with van der Waals surface area (Å²) in [6.07, 6.45) is -7.33. The van der Waals surface area contributed by atoms with E-state index in [-0.39, 0.29) is 17.8 Å². The van der Waals surface area contributed by atoms with Crippen LogP contribution in [-0.4, -0.2) is 25.7 Å². The molecule has 0 atom stereocenters. The molecule has 0 fully saturated rings. The summed E-state index contributed by atoms with van der Waals surface area (Å²) in [5, 5.41) is 6.65. The first-order chi connectivity index (χ1) is 14.7. The molecule has 3 rings (SSSR count). The number of nitrogens with one attached hydrogen (secondary N) is 1. The lowest BCUT2D eigenvalue weighted by molar-refractivity contribution is -0.143. The van der Waals surface area contributed by atoms with Crippen LogP contribution in [0, 0.1) is 0 Å². The van der Waals surface area contributed by atoms with Crippen molar-refractivity contribution in [2.75, 3.05) is 5.32 Å². The molecule has 0 bridgehead atoms. The Morgan fingerprint density at radius 1 is 0.875 bits per heavy atom. The summed E-state index contributed by atoms with van der Waals surface area (Å²) < 4.78 is 79.8. The number of benzene rings is 1. The quantitative estimate of drug-likeness (QED) is 0.546. The first-order valence-electron chi connectivity index (χ1n) is 9.15. The number of nitrogens with zero attached hydrogens (tertiary/aromatic N) is 4. The number of hydrogen-bond acceptors (Lipinski definition) is 4. The summed E-state index contributed by atoms with van der Waals surface area (Å²) in [6.45, 7) is 5.50. The minimum absolute atomic E-state index is 0.0166. The Balaban J connectivity index is 2.06. The Labute approximate surface area is 178 Å². The first kappa shape index (κ1) is 23.2. The van der Waals surface area contributed by atoms with Crippen molar-refractivity contribution in [3.63, 3.8) is 0 Å². The number of amides is 1. The number of carbonyl (C=O) groups excluding carboxylic acids is 1. The molecular weight excluding hydrogens is 440 g/mol. The zero-order valence-electron chi connectivity index (χ0n) is 17.0. The van der Waals surface area contributed by atoms with Crippen molar-refractivity contribution in [3.05, 3.63) is 65.1 Å². The third-order valence-corrected chi connectivity index (χ3v) is 4.31. The van der Waals surface area contributed by atoms with Gasteiger partial charge in [0.05, 0.1) is 16.8 Å². The molecule has 2 aromatic heterocycles. The van der Waals surface area contributed by atoms with Crippen LogP contribution in [0.4, 0.5) is 32.2 Å². The van der Waals surface area contributed by atoms with Gasteiger partial charge in [0, 0.05) is 29.4 Å². The Kier molecular flexibility index (Phi) is 5.75. The Bertz CT molecular complexity index is 1100. The van der Waals surface area contributed by atoms with Gasteiger partial charge in [-0.05, 0) is 24.3 Å². The van der Waals surface area contributed by atoms with Gasteiger partial charge in [0.1, 0.15) is 5.82 Å². The largest absolute Gasteiger partial charge is 0.416 e. The van der Waals surface area contributed by atoms with Crippen LogP contribution in [0.3, 0.4) is 0 Å². The molecule has 6 nitrogen and oxygen atoms in total. The Morgan fingerprint density at radius 3 is 1.88 bits per heavy atom. The molecule has 3 aromatic rings. The van der Waals surface area contributed by atoms with Crippen molar-refractivity contribution in [3.8, 4) is 5.95 Å². The van der Waals surface area contributed by atoms with E-state index >= 15 is 0 Å². The van der Waals surface area contributed by atoms with E-state index in [0.29, 0.717) is 17.8 Å². The van der Waals surface area contributed by atoms with E-state index in [1.807, 2.05) is 20.8 Å². The van der Waals surface area contributed by atoms with Crippen molar-refractivity contribution >= 4 is 11.7 Å². The lowest BCUT2D eigenvalue weighted by atomic mass is 9.92. The average Bonchev–Trinajstić information content (AvgIpc) is 3.11. The van der Waals surface area contributed by atoms with Crippen LogP contribution in [0.2, 0.25) is 0 Å². The van der Waals surface area contributed by atoms with Gasteiger partial charge < -0.3 is 5.32 Å². The molecule has 0 radical (unpaired) electrons. The summed E-state index contributed by atoms with van der Waals surface area (Å²) in [5.74, 6) is -1.14. The molecule has 1 N–H and O–H groups in total. The van der Waals surface area contributed by atoms with Gasteiger partial charge >= 0.3 is 12.4 Å². The topological polar surface area (TPSA) is 72.7 Å². The third-order valence-electron chi connectivity index (χ3n) is 4.31. The molecule has 170 valence electrons. The maximum atomic E-state index is 13.1. The second kappa shape index (κ2) is 7.92. The number of hydrogen-bond donors (Lipinski definition) is 1. The van der Waals surface area contributed by atoms with Crippen molar-refractivity contribution in [1.29, 1.82) is 0 Å². The number of alkyl halides is 6. The zero-order valence-corrected chi connectivity index (χ0v) is 17.0. The van der Waals surface area contributed by atoms with E-state index < -0.39 is 40.4 Å². The van der Waals surface area contributed by atoms with E-state index in [4.69, 9.17) is 0 Å². The monoisotopic (exact) mass is 457 g/mol. The summed E-state index contributed by atoms with van der Waals surface area (Å²) in [4.78, 5) is 20.7. The van der Waals surface area contributed by atoms with Crippen LogP contribution in [0.1, 0.15) is 48.0 Å². The van der Waals surface area contributed by atoms with E-state index in [1.54, 1.807) is 0 Å². The van der Waals surface area contributed by atoms with Gasteiger partial charge in [-0.2, -0.15) is 36.1 Å². The van der Waals surface area contributed by atoms with Gasteiger partial charge in [-0.1, -0.05) is 20.8 Å². The standard InChI is InChI=1S/C20H17F6N5O/c1-18(2,3)14-10-15(31(30-14)17-27-5-4-6-28-17)29-16(32)11-7-12(19(21,22)23)9-13(8-11)20(24,25)26/h4-10H,1-3H3,(H,29,32). The highest BCUT2D eigenvalue weighted by molar-refractivity contribution is 6.04. The predicted octanol–water partition coefficient (Wildman–Crippen LogP) is 5.25. The molecule has 1 aromatic carbocycles. The van der Waals surface area contributed by atoms with Gasteiger partial charge in [0.15, 0.2) is 0 Å². The van der Waals surface area contributed by atoms with E-state index in [2.05, 4.69) is 20.4 Å². The fourth-order valence-electron chi connectivity index (χ4n) is 2.66. The minimum atomic E-state index is -5.07. The van der Waals surface area contributed by atoms with Gasteiger partial charge in [0.2, 0.25) is 0 Å². The van der Waals surface area contributed by atoms with Crippen molar-refractivity contribution in [1.82, 2.24) is 19.7 Å². The minimum Gasteiger partial charge on any atom is -0.306 e. The number of aromatic nitrogens is 4.